The fraction of sp³-hybridized carbons (Fsp3) is 0.500. The third-order valence-electron chi connectivity index (χ3n) is 7.86. The van der Waals surface area contributed by atoms with Gasteiger partial charge in [-0.2, -0.15) is 0 Å². The quantitative estimate of drug-likeness (QED) is 0.313. The summed E-state index contributed by atoms with van der Waals surface area (Å²) in [6.07, 6.45) is 1.33. The van der Waals surface area contributed by atoms with Crippen LogP contribution in [0.4, 0.5) is 0 Å². The molecule has 2 aromatic carbocycles. The molecule has 1 unspecified atom stereocenters. The molecule has 0 aliphatic carbocycles. The number of hydrogen-bond acceptors (Lipinski definition) is 6. The summed E-state index contributed by atoms with van der Waals surface area (Å²) < 4.78 is 17.7. The standard InChI is InChI=1S/C30H41BN2O6/c1-11-25(28(3,4)5)33(32-26(35)22-13-12-14-24(37-10)19(22)2)27(36)20-15-16-21(18-34)23(17-20)31-38-29(6,7)30(8,9)39-31/h12-18,25H,11H2,1-10H3,(H,32,35). The molecule has 1 aliphatic heterocycles. The molecule has 0 bridgehead atoms. The van der Waals surface area contributed by atoms with Crippen LogP contribution in [0.2, 0.25) is 0 Å². The minimum atomic E-state index is -0.824. The first kappa shape index (κ1) is 30.4. The Morgan fingerprint density at radius 3 is 2.23 bits per heavy atom. The summed E-state index contributed by atoms with van der Waals surface area (Å²) in [7, 11) is 0.725. The summed E-state index contributed by atoms with van der Waals surface area (Å²) in [5.41, 5.74) is 3.51. The SMILES string of the molecule is CCC(N(NC(=O)c1cccc(OC)c1C)C(=O)c1ccc(C=O)c(B2OC(C)(C)C(C)(C)O2)c1)C(C)(C)C. The van der Waals surface area contributed by atoms with E-state index in [0.717, 1.165) is 6.29 Å². The second kappa shape index (κ2) is 11.1. The molecule has 2 aromatic rings. The van der Waals surface area contributed by atoms with Crippen molar-refractivity contribution >= 4 is 30.7 Å². The van der Waals surface area contributed by atoms with Crippen LogP contribution in [-0.2, 0) is 9.31 Å². The molecule has 0 spiro atoms. The van der Waals surface area contributed by atoms with Crippen molar-refractivity contribution in [2.75, 3.05) is 7.11 Å². The molecular formula is C30H41BN2O6. The van der Waals surface area contributed by atoms with Crippen molar-refractivity contribution in [1.29, 1.82) is 0 Å². The highest BCUT2D eigenvalue weighted by Crippen LogP contribution is 2.37. The van der Waals surface area contributed by atoms with Gasteiger partial charge in [0.15, 0.2) is 0 Å². The average Bonchev–Trinajstić information content (AvgIpc) is 3.08. The van der Waals surface area contributed by atoms with Crippen LogP contribution in [0.15, 0.2) is 36.4 Å². The molecule has 1 aliphatic rings. The maximum absolute atomic E-state index is 14.1. The molecule has 1 saturated heterocycles. The Labute approximate surface area is 232 Å². The number of ether oxygens (including phenoxy) is 1. The number of rotatable bonds is 7. The number of nitrogens with zero attached hydrogens (tertiary/aromatic N) is 1. The molecule has 0 aromatic heterocycles. The lowest BCUT2D eigenvalue weighted by Crippen LogP contribution is -2.56. The van der Waals surface area contributed by atoms with Gasteiger partial charge in [-0.1, -0.05) is 39.8 Å². The zero-order valence-electron chi connectivity index (χ0n) is 24.8. The first-order valence-electron chi connectivity index (χ1n) is 13.3. The molecule has 1 N–H and O–H groups in total. The molecule has 2 amide bonds. The summed E-state index contributed by atoms with van der Waals surface area (Å²) in [5.74, 6) is -0.237. The summed E-state index contributed by atoms with van der Waals surface area (Å²) in [4.78, 5) is 39.5. The van der Waals surface area contributed by atoms with Crippen LogP contribution < -0.4 is 15.6 Å². The second-order valence-electron chi connectivity index (χ2n) is 12.1. The monoisotopic (exact) mass is 536 g/mol. The van der Waals surface area contributed by atoms with Crippen molar-refractivity contribution in [3.63, 3.8) is 0 Å². The normalized spacial score (nSPS) is 16.9. The third-order valence-corrected chi connectivity index (χ3v) is 7.86. The summed E-state index contributed by atoms with van der Waals surface area (Å²) >= 11 is 0. The Morgan fingerprint density at radius 1 is 1.10 bits per heavy atom. The van der Waals surface area contributed by atoms with Gasteiger partial charge in [0.2, 0.25) is 0 Å². The Hall–Kier alpha value is -3.17. The highest BCUT2D eigenvalue weighted by atomic mass is 16.7. The number of hydrogen-bond donors (Lipinski definition) is 1. The molecule has 39 heavy (non-hydrogen) atoms. The van der Waals surface area contributed by atoms with Crippen LogP contribution in [0.1, 0.15) is 98.4 Å². The maximum Gasteiger partial charge on any atom is 0.495 e. The van der Waals surface area contributed by atoms with E-state index in [1.54, 1.807) is 50.4 Å². The van der Waals surface area contributed by atoms with Crippen LogP contribution in [0.3, 0.4) is 0 Å². The molecule has 1 atom stereocenters. The highest BCUT2D eigenvalue weighted by molar-refractivity contribution is 6.63. The Balaban J connectivity index is 2.05. The van der Waals surface area contributed by atoms with Gasteiger partial charge in [0.25, 0.3) is 11.8 Å². The van der Waals surface area contributed by atoms with E-state index in [2.05, 4.69) is 5.43 Å². The van der Waals surface area contributed by atoms with Gasteiger partial charge in [0.05, 0.1) is 24.4 Å². The van der Waals surface area contributed by atoms with Crippen molar-refractivity contribution in [2.45, 2.75) is 86.0 Å². The van der Waals surface area contributed by atoms with E-state index in [0.29, 0.717) is 39.9 Å². The third kappa shape index (κ3) is 6.04. The zero-order valence-corrected chi connectivity index (χ0v) is 24.8. The van der Waals surface area contributed by atoms with Crippen molar-refractivity contribution in [3.05, 3.63) is 58.7 Å². The predicted molar refractivity (Wildman–Crippen MR) is 152 cm³/mol. The summed E-state index contributed by atoms with van der Waals surface area (Å²) in [6, 6.07) is 9.69. The van der Waals surface area contributed by atoms with Crippen LogP contribution in [-0.4, -0.2) is 54.6 Å². The van der Waals surface area contributed by atoms with E-state index in [-0.39, 0.29) is 11.5 Å². The minimum Gasteiger partial charge on any atom is -0.496 e. The maximum atomic E-state index is 14.1. The largest absolute Gasteiger partial charge is 0.496 e. The number of methoxy groups -OCH3 is 1. The summed E-state index contributed by atoms with van der Waals surface area (Å²) in [5, 5.41) is 1.41. The molecular weight excluding hydrogens is 495 g/mol. The number of carbonyl (C=O) groups excluding carboxylic acids is 3. The fourth-order valence-corrected chi connectivity index (χ4v) is 4.83. The summed E-state index contributed by atoms with van der Waals surface area (Å²) in [6.45, 7) is 17.6. The van der Waals surface area contributed by atoms with E-state index in [4.69, 9.17) is 14.0 Å². The van der Waals surface area contributed by atoms with Crippen LogP contribution in [0, 0.1) is 12.3 Å². The van der Waals surface area contributed by atoms with Gasteiger partial charge in [-0.3, -0.25) is 19.8 Å². The zero-order chi connectivity index (χ0) is 29.3. The lowest BCUT2D eigenvalue weighted by atomic mass is 9.75. The van der Waals surface area contributed by atoms with Gasteiger partial charge in [0.1, 0.15) is 12.0 Å². The number of amides is 2. The van der Waals surface area contributed by atoms with Crippen molar-refractivity contribution < 1.29 is 28.4 Å². The number of benzene rings is 2. The van der Waals surface area contributed by atoms with E-state index in [9.17, 15) is 14.4 Å². The molecule has 3 rings (SSSR count). The van der Waals surface area contributed by atoms with Gasteiger partial charge in [0, 0.05) is 22.3 Å². The molecule has 9 heteroatoms. The molecule has 1 fully saturated rings. The van der Waals surface area contributed by atoms with Crippen LogP contribution >= 0.6 is 0 Å². The molecule has 8 nitrogen and oxygen atoms in total. The Bertz CT molecular complexity index is 1230. The number of nitrogens with one attached hydrogen (secondary N) is 1. The van der Waals surface area contributed by atoms with Crippen molar-refractivity contribution in [3.8, 4) is 5.75 Å². The first-order valence-corrected chi connectivity index (χ1v) is 13.3. The number of hydrazine groups is 1. The number of carbonyl (C=O) groups is 3. The lowest BCUT2D eigenvalue weighted by molar-refractivity contribution is 0.00578. The molecule has 210 valence electrons. The van der Waals surface area contributed by atoms with Crippen LogP contribution in [0.25, 0.3) is 0 Å². The van der Waals surface area contributed by atoms with Gasteiger partial charge >= 0.3 is 7.12 Å². The van der Waals surface area contributed by atoms with Gasteiger partial charge < -0.3 is 14.0 Å². The fourth-order valence-electron chi connectivity index (χ4n) is 4.83. The second-order valence-corrected chi connectivity index (χ2v) is 12.1. The van der Waals surface area contributed by atoms with E-state index >= 15 is 0 Å². The molecule has 0 saturated carbocycles. The Morgan fingerprint density at radius 2 is 1.72 bits per heavy atom. The first-order chi connectivity index (χ1) is 18.1. The number of aldehydes is 1. The Kier molecular flexibility index (Phi) is 8.68. The molecule has 0 radical (unpaired) electrons. The topological polar surface area (TPSA) is 94.2 Å². The van der Waals surface area contributed by atoms with Gasteiger partial charge in [-0.05, 0) is 76.2 Å². The molecule has 1 heterocycles. The lowest BCUT2D eigenvalue weighted by Gasteiger charge is -2.39. The highest BCUT2D eigenvalue weighted by Gasteiger charge is 2.52. The average molecular weight is 536 g/mol. The van der Waals surface area contributed by atoms with E-state index in [1.165, 1.54) is 5.01 Å². The van der Waals surface area contributed by atoms with Crippen molar-refractivity contribution in [1.82, 2.24) is 10.4 Å². The van der Waals surface area contributed by atoms with E-state index < -0.39 is 30.1 Å². The van der Waals surface area contributed by atoms with Gasteiger partial charge in [-0.15, -0.1) is 0 Å². The minimum absolute atomic E-state index is 0.302. The van der Waals surface area contributed by atoms with Crippen LogP contribution in [0.5, 0.6) is 5.75 Å². The van der Waals surface area contributed by atoms with E-state index in [1.807, 2.05) is 55.4 Å². The predicted octanol–water partition coefficient (Wildman–Crippen LogP) is 4.73. The van der Waals surface area contributed by atoms with Gasteiger partial charge in [-0.25, -0.2) is 5.01 Å². The smallest absolute Gasteiger partial charge is 0.495 e. The van der Waals surface area contributed by atoms with Crippen molar-refractivity contribution in [2.24, 2.45) is 5.41 Å².